The molecule has 24 heavy (non-hydrogen) atoms. The van der Waals surface area contributed by atoms with Crippen molar-refractivity contribution in [2.75, 3.05) is 19.6 Å². The molecule has 2 N–H and O–H groups in total. The highest BCUT2D eigenvalue weighted by Gasteiger charge is 2.16. The van der Waals surface area contributed by atoms with Crippen LogP contribution in [0.1, 0.15) is 23.2 Å². The smallest absolute Gasteiger partial charge is 0.255 e. The third-order valence-corrected chi connectivity index (χ3v) is 4.05. The predicted molar refractivity (Wildman–Crippen MR) is 98.1 cm³/mol. The first-order valence-corrected chi connectivity index (χ1v) is 8.14. The van der Waals surface area contributed by atoms with Gasteiger partial charge in [0.15, 0.2) is 0 Å². The number of hydrogen-bond acceptors (Lipinski definition) is 3. The van der Waals surface area contributed by atoms with E-state index in [0.717, 1.165) is 25.3 Å². The summed E-state index contributed by atoms with van der Waals surface area (Å²) >= 11 is 0. The van der Waals surface area contributed by atoms with Gasteiger partial charge in [0.25, 0.3) is 5.91 Å². The molecular formula is C19H23ClN2O2. The van der Waals surface area contributed by atoms with Crippen molar-refractivity contribution in [3.05, 3.63) is 60.2 Å². The summed E-state index contributed by atoms with van der Waals surface area (Å²) in [6.45, 7) is 2.76. The van der Waals surface area contributed by atoms with E-state index in [1.54, 1.807) is 6.07 Å². The molecule has 5 heteroatoms. The van der Waals surface area contributed by atoms with Crippen molar-refractivity contribution >= 4 is 18.3 Å². The van der Waals surface area contributed by atoms with E-state index in [1.807, 2.05) is 48.5 Å². The van der Waals surface area contributed by atoms with Gasteiger partial charge in [0.1, 0.15) is 11.5 Å². The SMILES string of the molecule is Cl.O=C(NCC1CCCNC1)c1ccccc1Oc1ccccc1. The Balaban J connectivity index is 0.00000208. The first kappa shape index (κ1) is 18.3. The van der Waals surface area contributed by atoms with Gasteiger partial charge in [0, 0.05) is 6.54 Å². The maximum absolute atomic E-state index is 12.5. The highest BCUT2D eigenvalue weighted by molar-refractivity contribution is 5.97. The Bertz CT molecular complexity index is 643. The van der Waals surface area contributed by atoms with Gasteiger partial charge in [-0.05, 0) is 56.1 Å². The Morgan fingerprint density at radius 3 is 2.62 bits per heavy atom. The number of amides is 1. The Morgan fingerprint density at radius 1 is 1.12 bits per heavy atom. The molecule has 1 amide bonds. The predicted octanol–water partition coefficient (Wildman–Crippen LogP) is 3.63. The molecule has 1 atom stereocenters. The van der Waals surface area contributed by atoms with Crippen molar-refractivity contribution in [2.45, 2.75) is 12.8 Å². The standard InChI is InChI=1S/C19H22N2O2.ClH/c22-19(21-14-15-7-6-12-20-13-15)17-10-4-5-11-18(17)23-16-8-2-1-3-9-16;/h1-5,8-11,15,20H,6-7,12-14H2,(H,21,22);1H. The lowest BCUT2D eigenvalue weighted by molar-refractivity contribution is 0.0942. The van der Waals surface area contributed by atoms with Crippen molar-refractivity contribution in [1.82, 2.24) is 10.6 Å². The number of carbonyl (C=O) groups is 1. The highest BCUT2D eigenvalue weighted by Crippen LogP contribution is 2.25. The molecule has 2 aromatic rings. The number of halogens is 1. The summed E-state index contributed by atoms with van der Waals surface area (Å²) in [7, 11) is 0. The molecule has 1 fully saturated rings. The molecule has 0 aliphatic carbocycles. The second kappa shape index (κ2) is 9.30. The first-order valence-electron chi connectivity index (χ1n) is 8.14. The Hall–Kier alpha value is -2.04. The molecule has 1 heterocycles. The summed E-state index contributed by atoms with van der Waals surface area (Å²) in [6.07, 6.45) is 2.34. The van der Waals surface area contributed by atoms with Crippen LogP contribution < -0.4 is 15.4 Å². The van der Waals surface area contributed by atoms with E-state index in [4.69, 9.17) is 4.74 Å². The second-order valence-corrected chi connectivity index (χ2v) is 5.83. The maximum Gasteiger partial charge on any atom is 0.255 e. The van der Waals surface area contributed by atoms with Crippen LogP contribution in [0.3, 0.4) is 0 Å². The monoisotopic (exact) mass is 346 g/mol. The normalized spacial score (nSPS) is 16.8. The van der Waals surface area contributed by atoms with Gasteiger partial charge in [0.05, 0.1) is 5.56 Å². The van der Waals surface area contributed by atoms with Crippen LogP contribution in [0, 0.1) is 5.92 Å². The van der Waals surface area contributed by atoms with Crippen molar-refractivity contribution in [3.63, 3.8) is 0 Å². The van der Waals surface area contributed by atoms with Crippen molar-refractivity contribution in [1.29, 1.82) is 0 Å². The van der Waals surface area contributed by atoms with E-state index in [1.165, 1.54) is 6.42 Å². The van der Waals surface area contributed by atoms with Gasteiger partial charge in [0.2, 0.25) is 0 Å². The van der Waals surface area contributed by atoms with Crippen LogP contribution in [-0.2, 0) is 0 Å². The molecule has 0 saturated carbocycles. The fourth-order valence-electron chi connectivity index (χ4n) is 2.79. The van der Waals surface area contributed by atoms with Crippen molar-refractivity contribution in [3.8, 4) is 11.5 Å². The van der Waals surface area contributed by atoms with Crippen LogP contribution in [0.5, 0.6) is 11.5 Å². The molecule has 1 aliphatic heterocycles. The molecule has 1 aliphatic rings. The molecular weight excluding hydrogens is 324 g/mol. The zero-order chi connectivity index (χ0) is 15.9. The van der Waals surface area contributed by atoms with E-state index in [2.05, 4.69) is 10.6 Å². The highest BCUT2D eigenvalue weighted by atomic mass is 35.5. The quantitative estimate of drug-likeness (QED) is 0.869. The van der Waals surface area contributed by atoms with Gasteiger partial charge in [-0.1, -0.05) is 30.3 Å². The zero-order valence-electron chi connectivity index (χ0n) is 13.5. The number of benzene rings is 2. The number of para-hydroxylation sites is 2. The molecule has 1 unspecified atom stereocenters. The van der Waals surface area contributed by atoms with Gasteiger partial charge in [-0.25, -0.2) is 0 Å². The number of piperidine rings is 1. The van der Waals surface area contributed by atoms with Gasteiger partial charge in [-0.15, -0.1) is 12.4 Å². The molecule has 2 aromatic carbocycles. The lowest BCUT2D eigenvalue weighted by atomic mass is 9.99. The van der Waals surface area contributed by atoms with Crippen molar-refractivity contribution < 1.29 is 9.53 Å². The minimum atomic E-state index is -0.0814. The van der Waals surface area contributed by atoms with Crippen LogP contribution in [-0.4, -0.2) is 25.5 Å². The van der Waals surface area contributed by atoms with Crippen LogP contribution in [0.2, 0.25) is 0 Å². The molecule has 0 radical (unpaired) electrons. The van der Waals surface area contributed by atoms with Crippen LogP contribution >= 0.6 is 12.4 Å². The molecule has 0 bridgehead atoms. The Kier molecular flexibility index (Phi) is 7.09. The topological polar surface area (TPSA) is 50.4 Å². The number of hydrogen-bond donors (Lipinski definition) is 2. The first-order chi connectivity index (χ1) is 11.3. The molecule has 3 rings (SSSR count). The maximum atomic E-state index is 12.5. The summed E-state index contributed by atoms with van der Waals surface area (Å²) < 4.78 is 5.85. The molecule has 0 aromatic heterocycles. The molecule has 128 valence electrons. The van der Waals surface area contributed by atoms with E-state index in [-0.39, 0.29) is 18.3 Å². The number of rotatable bonds is 5. The lowest BCUT2D eigenvalue weighted by Gasteiger charge is -2.23. The fourth-order valence-corrected chi connectivity index (χ4v) is 2.79. The molecule has 0 spiro atoms. The average molecular weight is 347 g/mol. The summed E-state index contributed by atoms with van der Waals surface area (Å²) in [6, 6.07) is 16.9. The van der Waals surface area contributed by atoms with Crippen LogP contribution in [0.25, 0.3) is 0 Å². The third-order valence-electron chi connectivity index (χ3n) is 4.05. The van der Waals surface area contributed by atoms with Gasteiger partial charge in [-0.2, -0.15) is 0 Å². The van der Waals surface area contributed by atoms with E-state index in [9.17, 15) is 4.79 Å². The number of ether oxygens (including phenoxy) is 1. The Morgan fingerprint density at radius 2 is 1.88 bits per heavy atom. The van der Waals surface area contributed by atoms with Crippen molar-refractivity contribution in [2.24, 2.45) is 5.92 Å². The molecule has 1 saturated heterocycles. The largest absolute Gasteiger partial charge is 0.457 e. The van der Waals surface area contributed by atoms with Crippen LogP contribution in [0.4, 0.5) is 0 Å². The van der Waals surface area contributed by atoms with Gasteiger partial charge < -0.3 is 15.4 Å². The minimum absolute atomic E-state index is 0. The van der Waals surface area contributed by atoms with E-state index >= 15 is 0 Å². The fraction of sp³-hybridized carbons (Fsp3) is 0.316. The van der Waals surface area contributed by atoms with Gasteiger partial charge in [-0.3, -0.25) is 4.79 Å². The van der Waals surface area contributed by atoms with E-state index in [0.29, 0.717) is 23.8 Å². The third kappa shape index (κ3) is 4.98. The summed E-state index contributed by atoms with van der Waals surface area (Å²) in [5.74, 6) is 1.74. The average Bonchev–Trinajstić information content (AvgIpc) is 2.62. The minimum Gasteiger partial charge on any atom is -0.457 e. The summed E-state index contributed by atoms with van der Waals surface area (Å²) in [4.78, 5) is 12.5. The summed E-state index contributed by atoms with van der Waals surface area (Å²) in [5, 5.41) is 6.40. The van der Waals surface area contributed by atoms with E-state index < -0.39 is 0 Å². The number of nitrogens with one attached hydrogen (secondary N) is 2. The lowest BCUT2D eigenvalue weighted by Crippen LogP contribution is -2.38. The zero-order valence-corrected chi connectivity index (χ0v) is 14.4. The Labute approximate surface area is 149 Å². The molecule has 4 nitrogen and oxygen atoms in total. The number of carbonyl (C=O) groups excluding carboxylic acids is 1. The van der Waals surface area contributed by atoms with Gasteiger partial charge >= 0.3 is 0 Å². The summed E-state index contributed by atoms with van der Waals surface area (Å²) in [5.41, 5.74) is 0.570. The van der Waals surface area contributed by atoms with Crippen LogP contribution in [0.15, 0.2) is 54.6 Å². The second-order valence-electron chi connectivity index (χ2n) is 5.83.